The van der Waals surface area contributed by atoms with E-state index in [1.165, 1.54) is 17.4 Å². The average molecular weight is 276 g/mol. The van der Waals surface area contributed by atoms with E-state index in [0.717, 1.165) is 27.3 Å². The van der Waals surface area contributed by atoms with Crippen molar-refractivity contribution < 1.29 is 8.81 Å². The monoisotopic (exact) mass is 276 g/mol. The maximum Gasteiger partial charge on any atom is 0.208 e. The van der Waals surface area contributed by atoms with Crippen molar-refractivity contribution in [1.82, 2.24) is 10.3 Å². The Hall–Kier alpha value is -1.72. The molecule has 0 aliphatic heterocycles. The third-order valence-electron chi connectivity index (χ3n) is 2.80. The van der Waals surface area contributed by atoms with Gasteiger partial charge in [-0.25, -0.2) is 9.37 Å². The van der Waals surface area contributed by atoms with Crippen molar-refractivity contribution in [2.75, 3.05) is 6.54 Å². The molecule has 0 unspecified atom stereocenters. The maximum atomic E-state index is 13.2. The first kappa shape index (κ1) is 12.3. The van der Waals surface area contributed by atoms with E-state index in [4.69, 9.17) is 4.42 Å². The minimum absolute atomic E-state index is 0.216. The fourth-order valence-corrected chi connectivity index (χ4v) is 2.90. The number of hydrogen-bond donors (Lipinski definition) is 1. The number of thiophene rings is 1. The average Bonchev–Trinajstić information content (AvgIpc) is 3.01. The lowest BCUT2D eigenvalue weighted by atomic mass is 10.2. The smallest absolute Gasteiger partial charge is 0.208 e. The van der Waals surface area contributed by atoms with Crippen LogP contribution in [0.1, 0.15) is 12.8 Å². The quantitative estimate of drug-likeness (QED) is 0.787. The number of fused-ring (bicyclic) bond motifs is 1. The predicted octanol–water partition coefficient (Wildman–Crippen LogP) is 3.80. The summed E-state index contributed by atoms with van der Waals surface area (Å²) in [4.78, 5) is 5.19. The second kappa shape index (κ2) is 5.11. The SMILES string of the molecule is CCNCc1ncc(-c2cc3ccc(F)cc3s2)o1. The van der Waals surface area contributed by atoms with E-state index in [1.54, 1.807) is 18.3 Å². The lowest BCUT2D eigenvalue weighted by Gasteiger charge is -1.94. The van der Waals surface area contributed by atoms with Crippen molar-refractivity contribution in [2.24, 2.45) is 0 Å². The van der Waals surface area contributed by atoms with Gasteiger partial charge in [-0.3, -0.25) is 0 Å². The van der Waals surface area contributed by atoms with Crippen LogP contribution < -0.4 is 5.32 Å². The molecule has 3 nitrogen and oxygen atoms in total. The molecule has 0 fully saturated rings. The van der Waals surface area contributed by atoms with E-state index in [2.05, 4.69) is 10.3 Å². The first-order valence-corrected chi connectivity index (χ1v) is 6.93. The highest BCUT2D eigenvalue weighted by molar-refractivity contribution is 7.22. The highest BCUT2D eigenvalue weighted by Crippen LogP contribution is 2.34. The Bertz CT molecular complexity index is 704. The van der Waals surface area contributed by atoms with Gasteiger partial charge in [0.05, 0.1) is 17.6 Å². The molecule has 1 aromatic carbocycles. The molecule has 0 saturated heterocycles. The van der Waals surface area contributed by atoms with Crippen LogP contribution in [0.2, 0.25) is 0 Å². The van der Waals surface area contributed by atoms with Gasteiger partial charge in [-0.1, -0.05) is 13.0 Å². The Balaban J connectivity index is 1.92. The Labute approximate surface area is 114 Å². The molecule has 1 N–H and O–H groups in total. The molecular formula is C14H13FN2OS. The molecule has 5 heteroatoms. The second-order valence-electron chi connectivity index (χ2n) is 4.19. The second-order valence-corrected chi connectivity index (χ2v) is 5.28. The largest absolute Gasteiger partial charge is 0.438 e. The third kappa shape index (κ3) is 2.52. The van der Waals surface area contributed by atoms with Crippen LogP contribution in [0.25, 0.3) is 20.7 Å². The minimum atomic E-state index is -0.216. The summed E-state index contributed by atoms with van der Waals surface area (Å²) in [6.45, 7) is 3.53. The van der Waals surface area contributed by atoms with E-state index in [9.17, 15) is 4.39 Å². The van der Waals surface area contributed by atoms with Gasteiger partial charge in [0.1, 0.15) is 5.82 Å². The lowest BCUT2D eigenvalue weighted by molar-refractivity contribution is 0.483. The van der Waals surface area contributed by atoms with Gasteiger partial charge >= 0.3 is 0 Å². The van der Waals surface area contributed by atoms with E-state index < -0.39 is 0 Å². The summed E-state index contributed by atoms with van der Waals surface area (Å²) in [5.41, 5.74) is 0. The summed E-state index contributed by atoms with van der Waals surface area (Å²) < 4.78 is 19.7. The van der Waals surface area contributed by atoms with Crippen LogP contribution in [0.3, 0.4) is 0 Å². The zero-order chi connectivity index (χ0) is 13.2. The lowest BCUT2D eigenvalue weighted by Crippen LogP contribution is -2.11. The molecule has 0 amide bonds. The topological polar surface area (TPSA) is 38.1 Å². The van der Waals surface area contributed by atoms with Crippen LogP contribution in [0, 0.1) is 5.82 Å². The van der Waals surface area contributed by atoms with Gasteiger partial charge in [-0.2, -0.15) is 0 Å². The summed E-state index contributed by atoms with van der Waals surface area (Å²) >= 11 is 1.51. The van der Waals surface area contributed by atoms with Crippen molar-refractivity contribution in [3.8, 4) is 10.6 Å². The molecule has 0 atom stereocenters. The number of halogens is 1. The predicted molar refractivity (Wildman–Crippen MR) is 74.7 cm³/mol. The number of aromatic nitrogens is 1. The first-order valence-electron chi connectivity index (χ1n) is 6.11. The highest BCUT2D eigenvalue weighted by atomic mass is 32.1. The number of hydrogen-bond acceptors (Lipinski definition) is 4. The number of oxazole rings is 1. The molecule has 0 bridgehead atoms. The first-order chi connectivity index (χ1) is 9.26. The number of benzene rings is 1. The van der Waals surface area contributed by atoms with Crippen LogP contribution in [0.5, 0.6) is 0 Å². The van der Waals surface area contributed by atoms with Gasteiger partial charge in [0.2, 0.25) is 5.89 Å². The van der Waals surface area contributed by atoms with Gasteiger partial charge in [0.25, 0.3) is 0 Å². The number of nitrogens with zero attached hydrogens (tertiary/aromatic N) is 1. The zero-order valence-corrected chi connectivity index (χ0v) is 11.3. The normalized spacial score (nSPS) is 11.3. The van der Waals surface area contributed by atoms with Crippen molar-refractivity contribution in [1.29, 1.82) is 0 Å². The highest BCUT2D eigenvalue weighted by Gasteiger charge is 2.10. The molecule has 2 aromatic heterocycles. The molecule has 0 radical (unpaired) electrons. The summed E-state index contributed by atoms with van der Waals surface area (Å²) in [6, 6.07) is 6.78. The number of nitrogens with one attached hydrogen (secondary N) is 1. The molecule has 3 aromatic rings. The van der Waals surface area contributed by atoms with Gasteiger partial charge in [-0.15, -0.1) is 11.3 Å². The standard InChI is InChI=1S/C14H13FN2OS/c1-2-16-8-14-17-7-11(18-14)13-5-9-3-4-10(15)6-12(9)19-13/h3-7,16H,2,8H2,1H3. The van der Waals surface area contributed by atoms with Crippen LogP contribution in [0.4, 0.5) is 4.39 Å². The Morgan fingerprint density at radius 3 is 3.11 bits per heavy atom. The summed E-state index contributed by atoms with van der Waals surface area (Å²) in [5, 5.41) is 4.18. The Morgan fingerprint density at radius 1 is 1.37 bits per heavy atom. The number of rotatable bonds is 4. The van der Waals surface area contributed by atoms with E-state index in [1.807, 2.05) is 13.0 Å². The van der Waals surface area contributed by atoms with E-state index in [-0.39, 0.29) is 5.82 Å². The van der Waals surface area contributed by atoms with Gasteiger partial charge in [-0.05, 0) is 30.1 Å². The molecule has 3 rings (SSSR count). The maximum absolute atomic E-state index is 13.2. The van der Waals surface area contributed by atoms with Gasteiger partial charge in [0, 0.05) is 4.70 Å². The molecule has 0 spiro atoms. The van der Waals surface area contributed by atoms with Gasteiger partial charge < -0.3 is 9.73 Å². The molecule has 98 valence electrons. The van der Waals surface area contributed by atoms with Crippen molar-refractivity contribution in [2.45, 2.75) is 13.5 Å². The molecular weight excluding hydrogens is 263 g/mol. The fraction of sp³-hybridized carbons (Fsp3) is 0.214. The molecule has 0 saturated carbocycles. The van der Waals surface area contributed by atoms with Crippen molar-refractivity contribution in [3.63, 3.8) is 0 Å². The van der Waals surface area contributed by atoms with E-state index >= 15 is 0 Å². The summed E-state index contributed by atoms with van der Waals surface area (Å²) in [7, 11) is 0. The third-order valence-corrected chi connectivity index (χ3v) is 3.92. The zero-order valence-electron chi connectivity index (χ0n) is 10.4. The Kier molecular flexibility index (Phi) is 3.31. The molecule has 19 heavy (non-hydrogen) atoms. The van der Waals surface area contributed by atoms with Crippen molar-refractivity contribution in [3.05, 3.63) is 42.2 Å². The summed E-state index contributed by atoms with van der Waals surface area (Å²) in [5.74, 6) is 1.18. The molecule has 2 heterocycles. The van der Waals surface area contributed by atoms with Crippen LogP contribution in [-0.4, -0.2) is 11.5 Å². The Morgan fingerprint density at radius 2 is 2.26 bits per heavy atom. The van der Waals surface area contributed by atoms with Crippen LogP contribution >= 0.6 is 11.3 Å². The molecule has 0 aliphatic rings. The van der Waals surface area contributed by atoms with Crippen LogP contribution in [-0.2, 0) is 6.54 Å². The summed E-state index contributed by atoms with van der Waals surface area (Å²) in [6.07, 6.45) is 1.72. The minimum Gasteiger partial charge on any atom is -0.438 e. The van der Waals surface area contributed by atoms with Crippen LogP contribution in [0.15, 0.2) is 34.9 Å². The van der Waals surface area contributed by atoms with E-state index in [0.29, 0.717) is 12.4 Å². The van der Waals surface area contributed by atoms with Crippen molar-refractivity contribution >= 4 is 21.4 Å². The fourth-order valence-electron chi connectivity index (χ4n) is 1.86. The van der Waals surface area contributed by atoms with Gasteiger partial charge in [0.15, 0.2) is 5.76 Å². The molecule has 0 aliphatic carbocycles.